The Kier molecular flexibility index (Phi) is 4.20. The van der Waals surface area contributed by atoms with Gasteiger partial charge in [0.05, 0.1) is 32.9 Å². The van der Waals surface area contributed by atoms with E-state index in [0.29, 0.717) is 23.8 Å². The van der Waals surface area contributed by atoms with Crippen molar-refractivity contribution >= 4 is 5.91 Å². The monoisotopic (exact) mass is 343 g/mol. The quantitative estimate of drug-likeness (QED) is 0.857. The van der Waals surface area contributed by atoms with Gasteiger partial charge in [-0.15, -0.1) is 0 Å². The lowest BCUT2D eigenvalue weighted by Crippen LogP contribution is -2.56. The maximum Gasteiger partial charge on any atom is 0.227 e. The highest BCUT2D eigenvalue weighted by Crippen LogP contribution is 2.48. The second kappa shape index (κ2) is 6.37. The largest absolute Gasteiger partial charge is 0.493 e. The lowest BCUT2D eigenvalue weighted by Gasteiger charge is -2.50. The molecule has 1 saturated heterocycles. The molecule has 4 atom stereocenters. The molecule has 5 heteroatoms. The third kappa shape index (κ3) is 2.53. The molecule has 1 amide bonds. The van der Waals surface area contributed by atoms with E-state index in [9.17, 15) is 9.90 Å². The summed E-state index contributed by atoms with van der Waals surface area (Å²) in [6, 6.07) is 3.85. The van der Waals surface area contributed by atoms with Gasteiger partial charge in [-0.05, 0) is 54.9 Å². The molecule has 4 rings (SSSR count). The smallest absolute Gasteiger partial charge is 0.227 e. The minimum Gasteiger partial charge on any atom is -0.493 e. The van der Waals surface area contributed by atoms with Gasteiger partial charge in [-0.3, -0.25) is 4.79 Å². The van der Waals surface area contributed by atoms with E-state index in [-0.39, 0.29) is 30.5 Å². The summed E-state index contributed by atoms with van der Waals surface area (Å²) in [5.41, 5.74) is 2.28. The zero-order valence-corrected chi connectivity index (χ0v) is 14.8. The number of carbonyl (C=O) groups is 1. The Balaban J connectivity index is 1.80. The van der Waals surface area contributed by atoms with Crippen molar-refractivity contribution in [2.75, 3.05) is 20.8 Å². The van der Waals surface area contributed by atoms with Gasteiger partial charge in [-0.25, -0.2) is 0 Å². The van der Waals surface area contributed by atoms with Crippen molar-refractivity contribution in [1.82, 2.24) is 4.90 Å². The fraction of sp³-hybridized carbons (Fsp3) is 0.550. The molecule has 0 radical (unpaired) electrons. The number of amides is 1. The molecular formula is C20H25NO4. The Labute approximate surface area is 148 Å². The molecule has 134 valence electrons. The van der Waals surface area contributed by atoms with E-state index >= 15 is 0 Å². The first-order valence-electron chi connectivity index (χ1n) is 9.02. The number of nitrogens with zero attached hydrogens (tertiary/aromatic N) is 1. The third-order valence-corrected chi connectivity index (χ3v) is 6.01. The van der Waals surface area contributed by atoms with E-state index < -0.39 is 0 Å². The maximum atomic E-state index is 13.2. The minimum atomic E-state index is -0.157. The number of allylic oxidation sites excluding steroid dienone is 2. The summed E-state index contributed by atoms with van der Waals surface area (Å²) in [6.45, 7) is -0.0107. The van der Waals surface area contributed by atoms with Crippen molar-refractivity contribution in [3.8, 4) is 11.5 Å². The van der Waals surface area contributed by atoms with Gasteiger partial charge in [-0.1, -0.05) is 12.2 Å². The molecule has 25 heavy (non-hydrogen) atoms. The maximum absolute atomic E-state index is 13.2. The first-order chi connectivity index (χ1) is 12.2. The predicted molar refractivity (Wildman–Crippen MR) is 93.7 cm³/mol. The van der Waals surface area contributed by atoms with Gasteiger partial charge in [0, 0.05) is 5.92 Å². The van der Waals surface area contributed by atoms with Crippen LogP contribution in [0.25, 0.3) is 0 Å². The highest BCUT2D eigenvalue weighted by Gasteiger charge is 2.47. The number of hydrogen-bond donors (Lipinski definition) is 1. The fourth-order valence-corrected chi connectivity index (χ4v) is 4.80. The number of fused-ring (bicyclic) bond motifs is 4. The third-order valence-electron chi connectivity index (χ3n) is 6.01. The number of benzene rings is 1. The van der Waals surface area contributed by atoms with Crippen LogP contribution >= 0.6 is 0 Å². The van der Waals surface area contributed by atoms with E-state index in [0.717, 1.165) is 30.4 Å². The Morgan fingerprint density at radius 3 is 2.72 bits per heavy atom. The van der Waals surface area contributed by atoms with Crippen LogP contribution in [0.15, 0.2) is 24.3 Å². The van der Waals surface area contributed by atoms with Crippen molar-refractivity contribution in [2.45, 2.75) is 37.8 Å². The topological polar surface area (TPSA) is 59.0 Å². The van der Waals surface area contributed by atoms with Crippen molar-refractivity contribution in [3.05, 3.63) is 35.4 Å². The number of ether oxygens (including phenoxy) is 2. The lowest BCUT2D eigenvalue weighted by molar-refractivity contribution is -0.150. The Hall–Kier alpha value is -2.01. The number of methoxy groups -OCH3 is 2. The van der Waals surface area contributed by atoms with Gasteiger partial charge < -0.3 is 19.5 Å². The lowest BCUT2D eigenvalue weighted by atomic mass is 9.71. The van der Waals surface area contributed by atoms with Gasteiger partial charge >= 0.3 is 0 Å². The SMILES string of the molecule is COc1cc2c(cc1OC)[C@H]1C[C@H]3C=CCC[C@H]3C(=O)N1[C@H](CO)C2. The average molecular weight is 343 g/mol. The first kappa shape index (κ1) is 16.5. The Bertz CT molecular complexity index is 714. The molecule has 0 spiro atoms. The van der Waals surface area contributed by atoms with Crippen LogP contribution in [-0.2, 0) is 11.2 Å². The van der Waals surface area contributed by atoms with Gasteiger partial charge in [-0.2, -0.15) is 0 Å². The number of piperidine rings is 1. The summed E-state index contributed by atoms with van der Waals surface area (Å²) >= 11 is 0. The molecule has 5 nitrogen and oxygen atoms in total. The van der Waals surface area contributed by atoms with Crippen LogP contribution in [0.3, 0.4) is 0 Å². The molecule has 3 aliphatic rings. The zero-order valence-electron chi connectivity index (χ0n) is 14.8. The fourth-order valence-electron chi connectivity index (χ4n) is 4.80. The van der Waals surface area contributed by atoms with Crippen LogP contribution in [0.5, 0.6) is 11.5 Å². The van der Waals surface area contributed by atoms with Gasteiger partial charge in [0.2, 0.25) is 5.91 Å². The molecule has 0 saturated carbocycles. The molecule has 0 bridgehead atoms. The Morgan fingerprint density at radius 2 is 2.00 bits per heavy atom. The molecule has 1 aliphatic carbocycles. The van der Waals surface area contributed by atoms with Gasteiger partial charge in [0.25, 0.3) is 0 Å². The summed E-state index contributed by atoms with van der Waals surface area (Å²) < 4.78 is 10.9. The standard InChI is InChI=1S/C20H25NO4/c1-24-18-9-13-7-14(11-22)21-17(16(13)10-19(18)25-2)8-12-5-3-4-6-15(12)20(21)23/h3,5,9-10,12,14-15,17,22H,4,6-8,11H2,1-2H3/t12-,14+,15-,17-/m1/s1. The molecule has 1 fully saturated rings. The summed E-state index contributed by atoms with van der Waals surface area (Å²) in [5, 5.41) is 9.93. The average Bonchev–Trinajstić information content (AvgIpc) is 2.66. The predicted octanol–water partition coefficient (Wildman–Crippen LogP) is 2.48. The van der Waals surface area contributed by atoms with E-state index in [1.165, 1.54) is 0 Å². The first-order valence-corrected chi connectivity index (χ1v) is 9.02. The van der Waals surface area contributed by atoms with Gasteiger partial charge in [0.15, 0.2) is 11.5 Å². The minimum absolute atomic E-state index is 0.00259. The summed E-state index contributed by atoms with van der Waals surface area (Å²) in [6.07, 6.45) is 7.86. The number of aliphatic hydroxyl groups excluding tert-OH is 1. The van der Waals surface area contributed by atoms with Crippen LogP contribution in [-0.4, -0.2) is 42.8 Å². The highest BCUT2D eigenvalue weighted by molar-refractivity contribution is 5.82. The Morgan fingerprint density at radius 1 is 1.24 bits per heavy atom. The van der Waals surface area contributed by atoms with E-state index in [4.69, 9.17) is 9.47 Å². The molecular weight excluding hydrogens is 318 g/mol. The molecule has 1 N–H and O–H groups in total. The summed E-state index contributed by atoms with van der Waals surface area (Å²) in [5.74, 6) is 1.95. The number of aliphatic hydroxyl groups is 1. The summed E-state index contributed by atoms with van der Waals surface area (Å²) in [4.78, 5) is 15.1. The van der Waals surface area contributed by atoms with Gasteiger partial charge in [0.1, 0.15) is 0 Å². The number of rotatable bonds is 3. The van der Waals surface area contributed by atoms with Crippen LogP contribution < -0.4 is 9.47 Å². The van der Waals surface area contributed by atoms with Crippen LogP contribution in [0.1, 0.15) is 36.4 Å². The molecule has 2 aliphatic heterocycles. The highest BCUT2D eigenvalue weighted by atomic mass is 16.5. The van der Waals surface area contributed by atoms with Crippen molar-refractivity contribution in [1.29, 1.82) is 0 Å². The van der Waals surface area contributed by atoms with E-state index in [1.807, 2.05) is 17.0 Å². The van der Waals surface area contributed by atoms with E-state index in [1.54, 1.807) is 14.2 Å². The van der Waals surface area contributed by atoms with E-state index in [2.05, 4.69) is 12.2 Å². The zero-order chi connectivity index (χ0) is 17.6. The van der Waals surface area contributed by atoms with Crippen molar-refractivity contribution in [3.63, 3.8) is 0 Å². The molecule has 1 aromatic carbocycles. The number of hydrogen-bond acceptors (Lipinski definition) is 4. The molecule has 1 aromatic rings. The molecule has 2 heterocycles. The summed E-state index contributed by atoms with van der Waals surface area (Å²) in [7, 11) is 3.26. The van der Waals surface area contributed by atoms with Crippen LogP contribution in [0.2, 0.25) is 0 Å². The molecule has 0 unspecified atom stereocenters. The second-order valence-electron chi connectivity index (χ2n) is 7.22. The van der Waals surface area contributed by atoms with Crippen LogP contribution in [0, 0.1) is 11.8 Å². The normalized spacial score (nSPS) is 30.4. The van der Waals surface area contributed by atoms with Crippen molar-refractivity contribution in [2.24, 2.45) is 11.8 Å². The second-order valence-corrected chi connectivity index (χ2v) is 7.22. The van der Waals surface area contributed by atoms with Crippen molar-refractivity contribution < 1.29 is 19.4 Å². The van der Waals surface area contributed by atoms with Crippen LogP contribution in [0.4, 0.5) is 0 Å². The number of carbonyl (C=O) groups excluding carboxylic acids is 1. The molecule has 0 aromatic heterocycles.